The van der Waals surface area contributed by atoms with E-state index in [4.69, 9.17) is 0 Å². The Morgan fingerprint density at radius 2 is 1.77 bits per heavy atom. The number of amides is 1. The van der Waals surface area contributed by atoms with Gasteiger partial charge >= 0.3 is 0 Å². The Kier molecular flexibility index (Phi) is 6.52. The van der Waals surface area contributed by atoms with Crippen molar-refractivity contribution in [3.63, 3.8) is 0 Å². The molecule has 0 spiro atoms. The predicted molar refractivity (Wildman–Crippen MR) is 120 cm³/mol. The Labute approximate surface area is 180 Å². The topological polar surface area (TPSA) is 81.8 Å². The summed E-state index contributed by atoms with van der Waals surface area (Å²) in [5.74, 6) is 0.918. The van der Waals surface area contributed by atoms with Crippen molar-refractivity contribution in [2.45, 2.75) is 32.4 Å². The van der Waals surface area contributed by atoms with Crippen LogP contribution in [0.5, 0.6) is 0 Å². The summed E-state index contributed by atoms with van der Waals surface area (Å²) in [4.78, 5) is 33.4. The molecule has 1 N–H and O–H groups in total. The largest absolute Gasteiger partial charge is 0.356 e. The predicted octanol–water partition coefficient (Wildman–Crippen LogP) is 2.78. The lowest BCUT2D eigenvalue weighted by Crippen LogP contribution is -2.27. The van der Waals surface area contributed by atoms with Gasteiger partial charge in [0.15, 0.2) is 0 Å². The quantitative estimate of drug-likeness (QED) is 0.456. The highest BCUT2D eigenvalue weighted by molar-refractivity contribution is 5.77. The molecule has 0 saturated heterocycles. The van der Waals surface area contributed by atoms with E-state index < -0.39 is 0 Å². The first kappa shape index (κ1) is 20.5. The molecule has 2 aromatic heterocycles. The third-order valence-electron chi connectivity index (χ3n) is 5.20. The van der Waals surface area contributed by atoms with Crippen molar-refractivity contribution in [1.29, 1.82) is 0 Å². The normalized spacial score (nSPS) is 11.0. The van der Waals surface area contributed by atoms with Crippen LogP contribution < -0.4 is 10.9 Å². The molecule has 0 aliphatic rings. The van der Waals surface area contributed by atoms with Crippen molar-refractivity contribution in [3.05, 3.63) is 95.1 Å². The van der Waals surface area contributed by atoms with Crippen molar-refractivity contribution in [3.8, 4) is 0 Å². The summed E-state index contributed by atoms with van der Waals surface area (Å²) in [5, 5.41) is 3.54. The fourth-order valence-electron chi connectivity index (χ4n) is 3.57. The van der Waals surface area contributed by atoms with Crippen LogP contribution in [-0.4, -0.2) is 31.6 Å². The van der Waals surface area contributed by atoms with E-state index in [2.05, 4.69) is 32.0 Å². The van der Waals surface area contributed by atoms with Crippen LogP contribution in [0.2, 0.25) is 0 Å². The summed E-state index contributed by atoms with van der Waals surface area (Å²) < 4.78 is 3.66. The second-order valence-corrected chi connectivity index (χ2v) is 7.42. The van der Waals surface area contributed by atoms with Crippen LogP contribution in [0.1, 0.15) is 24.2 Å². The number of fused-ring (bicyclic) bond motifs is 1. The summed E-state index contributed by atoms with van der Waals surface area (Å²) in [6.45, 7) is 1.76. The summed E-state index contributed by atoms with van der Waals surface area (Å²) in [6, 6.07) is 17.5. The molecule has 7 heteroatoms. The Balaban J connectivity index is 1.22. The molecule has 4 aromatic rings. The number of aromatic nitrogens is 4. The molecular formula is C24H25N5O2. The Morgan fingerprint density at radius 3 is 2.65 bits per heavy atom. The average Bonchev–Trinajstić information content (AvgIpc) is 3.23. The van der Waals surface area contributed by atoms with E-state index in [1.165, 1.54) is 5.56 Å². The minimum absolute atomic E-state index is 0.0250. The van der Waals surface area contributed by atoms with Crippen molar-refractivity contribution in [2.24, 2.45) is 0 Å². The monoisotopic (exact) mass is 415 g/mol. The lowest BCUT2D eigenvalue weighted by molar-refractivity contribution is -0.121. The van der Waals surface area contributed by atoms with E-state index in [1.807, 2.05) is 42.6 Å². The number of rotatable bonds is 9. The molecule has 158 valence electrons. The van der Waals surface area contributed by atoms with Gasteiger partial charge in [0.2, 0.25) is 5.91 Å². The van der Waals surface area contributed by atoms with Crippen LogP contribution in [0.4, 0.5) is 0 Å². The number of imidazole rings is 1. The van der Waals surface area contributed by atoms with E-state index in [0.717, 1.165) is 12.4 Å². The molecule has 0 atom stereocenters. The van der Waals surface area contributed by atoms with E-state index in [9.17, 15) is 9.59 Å². The number of nitrogens with one attached hydrogen (secondary N) is 1. The second kappa shape index (κ2) is 9.84. The van der Waals surface area contributed by atoms with E-state index in [0.29, 0.717) is 43.3 Å². The van der Waals surface area contributed by atoms with E-state index >= 15 is 0 Å². The Hall–Kier alpha value is -3.74. The van der Waals surface area contributed by atoms with Gasteiger partial charge in [0.05, 0.1) is 17.2 Å². The Bertz CT molecular complexity index is 1210. The fourth-order valence-corrected chi connectivity index (χ4v) is 3.57. The first-order valence-electron chi connectivity index (χ1n) is 10.5. The summed E-state index contributed by atoms with van der Waals surface area (Å²) >= 11 is 0. The zero-order chi connectivity index (χ0) is 21.5. The molecular weight excluding hydrogens is 390 g/mol. The lowest BCUT2D eigenvalue weighted by Gasteiger charge is -2.09. The summed E-state index contributed by atoms with van der Waals surface area (Å²) in [5.41, 5.74) is 1.83. The lowest BCUT2D eigenvalue weighted by atomic mass is 10.2. The molecule has 4 rings (SSSR count). The molecule has 0 aliphatic carbocycles. The molecule has 2 heterocycles. The zero-order valence-corrected chi connectivity index (χ0v) is 17.3. The van der Waals surface area contributed by atoms with Gasteiger partial charge in [0.25, 0.3) is 5.56 Å². The number of carbonyl (C=O) groups excluding carboxylic acids is 1. The number of nitrogens with zero attached hydrogens (tertiary/aromatic N) is 4. The third-order valence-corrected chi connectivity index (χ3v) is 5.20. The minimum Gasteiger partial charge on any atom is -0.356 e. The Morgan fingerprint density at radius 1 is 0.968 bits per heavy atom. The first-order chi connectivity index (χ1) is 15.2. The molecule has 0 radical (unpaired) electrons. The number of para-hydroxylation sites is 1. The maximum absolute atomic E-state index is 12.5. The van der Waals surface area contributed by atoms with Gasteiger partial charge in [-0.2, -0.15) is 0 Å². The first-order valence-corrected chi connectivity index (χ1v) is 10.5. The standard InChI is InChI=1S/C24H25N5O2/c30-23(11-6-15-29-18-27-21-10-5-4-9-20(21)24(29)31)26-13-12-22-25-14-16-28(22)17-19-7-2-1-3-8-19/h1-5,7-10,14,16,18H,6,11-13,15,17H2,(H,26,30). The summed E-state index contributed by atoms with van der Waals surface area (Å²) in [7, 11) is 0. The van der Waals surface area contributed by atoms with Crippen molar-refractivity contribution < 1.29 is 4.79 Å². The van der Waals surface area contributed by atoms with Crippen molar-refractivity contribution >= 4 is 16.8 Å². The average molecular weight is 415 g/mol. The van der Waals surface area contributed by atoms with Crippen LogP contribution in [0.3, 0.4) is 0 Å². The molecule has 31 heavy (non-hydrogen) atoms. The number of aryl methyl sites for hydroxylation is 1. The number of hydrogen-bond acceptors (Lipinski definition) is 4. The van der Waals surface area contributed by atoms with Gasteiger partial charge in [-0.15, -0.1) is 0 Å². The van der Waals surface area contributed by atoms with E-state index in [1.54, 1.807) is 23.2 Å². The molecule has 0 fully saturated rings. The molecule has 7 nitrogen and oxygen atoms in total. The van der Waals surface area contributed by atoms with Gasteiger partial charge in [-0.3, -0.25) is 14.2 Å². The number of hydrogen-bond donors (Lipinski definition) is 1. The molecule has 0 saturated carbocycles. The SMILES string of the molecule is O=C(CCCn1cnc2ccccc2c1=O)NCCc1nccn1Cc1ccccc1. The highest BCUT2D eigenvalue weighted by Gasteiger charge is 2.07. The van der Waals surface area contributed by atoms with E-state index in [-0.39, 0.29) is 11.5 Å². The van der Waals surface area contributed by atoms with Gasteiger partial charge in [-0.25, -0.2) is 9.97 Å². The molecule has 1 amide bonds. The summed E-state index contributed by atoms with van der Waals surface area (Å²) in [6.07, 6.45) is 6.90. The van der Waals surface area contributed by atoms with Crippen LogP contribution in [0.25, 0.3) is 10.9 Å². The van der Waals surface area contributed by atoms with Crippen LogP contribution in [0, 0.1) is 0 Å². The van der Waals surface area contributed by atoms with Gasteiger partial charge < -0.3 is 9.88 Å². The van der Waals surface area contributed by atoms with Crippen molar-refractivity contribution in [1.82, 2.24) is 24.4 Å². The second-order valence-electron chi connectivity index (χ2n) is 7.42. The molecule has 0 bridgehead atoms. The maximum Gasteiger partial charge on any atom is 0.261 e. The number of benzene rings is 2. The van der Waals surface area contributed by atoms with Gasteiger partial charge in [-0.05, 0) is 24.1 Å². The van der Waals surface area contributed by atoms with Crippen molar-refractivity contribution in [2.75, 3.05) is 6.54 Å². The van der Waals surface area contributed by atoms with Gasteiger partial charge in [0.1, 0.15) is 5.82 Å². The third kappa shape index (κ3) is 5.25. The molecule has 2 aromatic carbocycles. The van der Waals surface area contributed by atoms with Gasteiger partial charge in [0, 0.05) is 44.9 Å². The molecule has 0 unspecified atom stereocenters. The highest BCUT2D eigenvalue weighted by atomic mass is 16.1. The fraction of sp³-hybridized carbons (Fsp3) is 0.250. The van der Waals surface area contributed by atoms with Gasteiger partial charge in [-0.1, -0.05) is 42.5 Å². The van der Waals surface area contributed by atoms with Crippen LogP contribution in [0.15, 0.2) is 78.1 Å². The smallest absolute Gasteiger partial charge is 0.261 e. The van der Waals surface area contributed by atoms with Crippen LogP contribution >= 0.6 is 0 Å². The zero-order valence-electron chi connectivity index (χ0n) is 17.3. The number of carbonyl (C=O) groups is 1. The highest BCUT2D eigenvalue weighted by Crippen LogP contribution is 2.07. The van der Waals surface area contributed by atoms with Crippen LogP contribution in [-0.2, 0) is 24.3 Å². The maximum atomic E-state index is 12.5. The molecule has 0 aliphatic heterocycles. The minimum atomic E-state index is -0.0729.